The average molecular weight is 195 g/mol. The van der Waals surface area contributed by atoms with Crippen molar-refractivity contribution in [1.82, 2.24) is 0 Å². The average Bonchev–Trinajstić information content (AvgIpc) is 2.05. The van der Waals surface area contributed by atoms with Gasteiger partial charge in [0.2, 0.25) is 0 Å². The van der Waals surface area contributed by atoms with Gasteiger partial charge in [0.25, 0.3) is 0 Å². The van der Waals surface area contributed by atoms with Crippen molar-refractivity contribution in [3.8, 4) is 0 Å². The van der Waals surface area contributed by atoms with E-state index in [2.05, 4.69) is 6.58 Å². The lowest BCUT2D eigenvalue weighted by Crippen LogP contribution is -2.14. The molecule has 1 aromatic carbocycles. The van der Waals surface area contributed by atoms with E-state index in [0.717, 1.165) is 5.56 Å². The highest BCUT2D eigenvalue weighted by Gasteiger charge is 2.26. The van der Waals surface area contributed by atoms with Crippen LogP contribution in [0.4, 0.5) is 0 Å². The first kappa shape index (κ1) is 10.2. The van der Waals surface area contributed by atoms with Gasteiger partial charge in [-0.05, 0) is 6.08 Å². The van der Waals surface area contributed by atoms with Crippen LogP contribution in [-0.2, 0) is 14.1 Å². The topological polar surface area (TPSA) is 17.1 Å². The highest BCUT2D eigenvalue weighted by molar-refractivity contribution is 8.02. The number of hydrogen-bond donors (Lipinski definition) is 0. The second-order valence-electron chi connectivity index (χ2n) is 3.38. The van der Waals surface area contributed by atoms with Crippen LogP contribution in [0.25, 0.3) is 0 Å². The van der Waals surface area contributed by atoms with Gasteiger partial charge in [0.1, 0.15) is 12.5 Å². The molecule has 1 rings (SSSR count). The molecule has 0 amide bonds. The van der Waals surface area contributed by atoms with Crippen LogP contribution >= 0.6 is 0 Å². The molecule has 0 bridgehead atoms. The number of rotatable bonds is 3. The van der Waals surface area contributed by atoms with Crippen LogP contribution in [0.15, 0.2) is 43.0 Å². The fourth-order valence-electron chi connectivity index (χ4n) is 1.34. The van der Waals surface area contributed by atoms with Crippen LogP contribution < -0.4 is 0 Å². The van der Waals surface area contributed by atoms with Gasteiger partial charge >= 0.3 is 0 Å². The normalized spacial score (nSPS) is 13.7. The van der Waals surface area contributed by atoms with E-state index in [1.165, 1.54) is 0 Å². The first-order valence-electron chi connectivity index (χ1n) is 4.16. The van der Waals surface area contributed by atoms with Crippen molar-refractivity contribution < 1.29 is 4.21 Å². The van der Waals surface area contributed by atoms with Crippen molar-refractivity contribution in [2.75, 3.05) is 12.5 Å². The van der Waals surface area contributed by atoms with E-state index in [1.54, 1.807) is 18.6 Å². The maximum atomic E-state index is 11.8. The third-order valence-electron chi connectivity index (χ3n) is 1.95. The Labute approximate surface area is 80.9 Å². The molecular weight excluding hydrogens is 180 g/mol. The molecule has 0 aliphatic carbocycles. The van der Waals surface area contributed by atoms with Gasteiger partial charge in [0.15, 0.2) is 5.25 Å². The summed E-state index contributed by atoms with van der Waals surface area (Å²) in [6.07, 6.45) is 5.30. The first-order chi connectivity index (χ1) is 6.05. The fraction of sp³-hybridized carbons (Fsp3) is 0.273. The second kappa shape index (κ2) is 3.88. The van der Waals surface area contributed by atoms with Gasteiger partial charge in [0, 0.05) is 5.56 Å². The van der Waals surface area contributed by atoms with Crippen LogP contribution in [0, 0.1) is 0 Å². The molecule has 1 nitrogen and oxygen atoms in total. The molecular formula is C11H15OS+. The molecule has 0 N–H and O–H groups in total. The lowest BCUT2D eigenvalue weighted by atomic mass is 10.1. The van der Waals surface area contributed by atoms with Crippen molar-refractivity contribution in [2.45, 2.75) is 5.25 Å². The van der Waals surface area contributed by atoms with Gasteiger partial charge < -0.3 is 0 Å². The standard InChI is InChI=1S/C11H15OS/c1-4-11(13(2,3)12)10-8-6-5-7-9-10/h4-9,11H,1H2,2-3H3/q+1. The van der Waals surface area contributed by atoms with E-state index in [4.69, 9.17) is 0 Å². The minimum atomic E-state index is -1.84. The van der Waals surface area contributed by atoms with E-state index < -0.39 is 9.93 Å². The Kier molecular flexibility index (Phi) is 3.04. The smallest absolute Gasteiger partial charge is 0.105 e. The molecule has 70 valence electrons. The zero-order valence-corrected chi connectivity index (χ0v) is 8.88. The summed E-state index contributed by atoms with van der Waals surface area (Å²) in [6.45, 7) is 3.72. The summed E-state index contributed by atoms with van der Waals surface area (Å²) in [5, 5.41) is -0.0336. The molecule has 0 radical (unpaired) electrons. The third kappa shape index (κ3) is 2.52. The van der Waals surface area contributed by atoms with Crippen molar-refractivity contribution in [3.05, 3.63) is 48.6 Å². The first-order valence-corrected chi connectivity index (χ1v) is 6.60. The summed E-state index contributed by atoms with van der Waals surface area (Å²) in [7, 11) is -1.84. The van der Waals surface area contributed by atoms with Gasteiger partial charge in [-0.1, -0.05) is 36.9 Å². The van der Waals surface area contributed by atoms with Crippen LogP contribution in [0.1, 0.15) is 10.8 Å². The predicted octanol–water partition coefficient (Wildman–Crippen LogP) is 2.67. The van der Waals surface area contributed by atoms with Gasteiger partial charge in [0.05, 0.1) is 9.93 Å². The SMILES string of the molecule is C=CC(c1ccccc1)[S+](C)(C)=O. The molecule has 0 aromatic heterocycles. The maximum absolute atomic E-state index is 11.8. The van der Waals surface area contributed by atoms with Crippen molar-refractivity contribution in [1.29, 1.82) is 0 Å². The Balaban J connectivity index is 3.06. The number of hydrogen-bond acceptors (Lipinski definition) is 1. The Bertz CT molecular complexity index is 323. The van der Waals surface area contributed by atoms with E-state index in [0.29, 0.717) is 0 Å². The highest BCUT2D eigenvalue weighted by Crippen LogP contribution is 2.25. The van der Waals surface area contributed by atoms with Gasteiger partial charge in [-0.25, -0.2) is 0 Å². The third-order valence-corrected chi connectivity index (χ3v) is 3.64. The van der Waals surface area contributed by atoms with E-state index in [1.807, 2.05) is 30.3 Å². The molecule has 0 spiro atoms. The summed E-state index contributed by atoms with van der Waals surface area (Å²) >= 11 is 0. The predicted molar refractivity (Wildman–Crippen MR) is 59.3 cm³/mol. The lowest BCUT2D eigenvalue weighted by Gasteiger charge is -2.11. The summed E-state index contributed by atoms with van der Waals surface area (Å²) in [4.78, 5) is 0. The summed E-state index contributed by atoms with van der Waals surface area (Å²) in [6, 6.07) is 9.84. The summed E-state index contributed by atoms with van der Waals surface area (Å²) < 4.78 is 11.8. The summed E-state index contributed by atoms with van der Waals surface area (Å²) in [5.41, 5.74) is 1.08. The molecule has 0 aliphatic rings. The zero-order chi connectivity index (χ0) is 9.90. The van der Waals surface area contributed by atoms with Crippen molar-refractivity contribution >= 4 is 9.93 Å². The molecule has 1 atom stereocenters. The Morgan fingerprint density at radius 1 is 1.31 bits per heavy atom. The lowest BCUT2D eigenvalue weighted by molar-refractivity contribution is 0.587. The molecule has 0 saturated heterocycles. The monoisotopic (exact) mass is 195 g/mol. The molecule has 13 heavy (non-hydrogen) atoms. The van der Waals surface area contributed by atoms with Gasteiger partial charge in [-0.3, -0.25) is 0 Å². The van der Waals surface area contributed by atoms with Crippen molar-refractivity contribution in [2.24, 2.45) is 0 Å². The van der Waals surface area contributed by atoms with E-state index in [9.17, 15) is 4.21 Å². The molecule has 0 heterocycles. The Morgan fingerprint density at radius 2 is 1.85 bits per heavy atom. The molecule has 0 aliphatic heterocycles. The minimum absolute atomic E-state index is 0.0336. The van der Waals surface area contributed by atoms with Gasteiger partial charge in [-0.15, -0.1) is 4.21 Å². The minimum Gasteiger partial charge on any atom is -0.105 e. The van der Waals surface area contributed by atoms with E-state index in [-0.39, 0.29) is 5.25 Å². The highest BCUT2D eigenvalue weighted by atomic mass is 32.2. The van der Waals surface area contributed by atoms with Crippen LogP contribution in [0.5, 0.6) is 0 Å². The van der Waals surface area contributed by atoms with Crippen molar-refractivity contribution in [3.63, 3.8) is 0 Å². The van der Waals surface area contributed by atoms with Gasteiger partial charge in [-0.2, -0.15) is 0 Å². The van der Waals surface area contributed by atoms with Crippen LogP contribution in [0.3, 0.4) is 0 Å². The van der Waals surface area contributed by atoms with E-state index >= 15 is 0 Å². The Hall–Kier alpha value is -0.890. The molecule has 0 fully saturated rings. The maximum Gasteiger partial charge on any atom is 0.164 e. The quantitative estimate of drug-likeness (QED) is 0.535. The molecule has 2 heteroatoms. The molecule has 1 unspecified atom stereocenters. The van der Waals surface area contributed by atoms with Crippen LogP contribution in [0.2, 0.25) is 0 Å². The molecule has 0 saturated carbocycles. The number of benzene rings is 1. The Morgan fingerprint density at radius 3 is 2.23 bits per heavy atom. The zero-order valence-electron chi connectivity index (χ0n) is 8.07. The largest absolute Gasteiger partial charge is 0.164 e. The second-order valence-corrected chi connectivity index (χ2v) is 6.50. The fourth-order valence-corrected chi connectivity index (χ4v) is 2.61. The molecule has 1 aromatic rings. The summed E-state index contributed by atoms with van der Waals surface area (Å²) in [5.74, 6) is 0. The van der Waals surface area contributed by atoms with Crippen LogP contribution in [-0.4, -0.2) is 12.5 Å².